The van der Waals surface area contributed by atoms with E-state index < -0.39 is 35.4 Å². The minimum Gasteiger partial charge on any atom is -0.282 e. The summed E-state index contributed by atoms with van der Waals surface area (Å²) in [6, 6.07) is 7.66. The highest BCUT2D eigenvalue weighted by Crippen LogP contribution is 2.38. The van der Waals surface area contributed by atoms with Crippen LogP contribution in [0.5, 0.6) is 0 Å². The summed E-state index contributed by atoms with van der Waals surface area (Å²) in [5, 5.41) is 0.484. The predicted octanol–water partition coefficient (Wildman–Crippen LogP) is 2.63. The summed E-state index contributed by atoms with van der Waals surface area (Å²) >= 11 is 0. The van der Waals surface area contributed by atoms with Crippen LogP contribution in [0.4, 0.5) is 0 Å². The van der Waals surface area contributed by atoms with Crippen molar-refractivity contribution in [3.05, 3.63) is 35.9 Å². The van der Waals surface area contributed by atoms with Gasteiger partial charge >= 0.3 is 0 Å². The maximum absolute atomic E-state index is 11.8. The highest BCUT2D eigenvalue weighted by Gasteiger charge is 2.33. The van der Waals surface area contributed by atoms with E-state index in [4.69, 9.17) is 0 Å². The molecule has 6 nitrogen and oxygen atoms in total. The summed E-state index contributed by atoms with van der Waals surface area (Å²) in [6.07, 6.45) is 0. The van der Waals surface area contributed by atoms with Crippen LogP contribution in [-0.4, -0.2) is 25.9 Å². The van der Waals surface area contributed by atoms with Gasteiger partial charge in [-0.1, -0.05) is 45.0 Å². The van der Waals surface area contributed by atoms with Crippen LogP contribution in [0, 0.1) is 0 Å². The molecule has 120 valence electrons. The summed E-state index contributed by atoms with van der Waals surface area (Å²) in [7, 11) is -9.73. The summed E-state index contributed by atoms with van der Waals surface area (Å²) in [5.41, 5.74) is -0.657. The predicted molar refractivity (Wildman–Crippen MR) is 82.3 cm³/mol. The fraction of sp³-hybridized carbons (Fsp3) is 0.286. The Labute approximate surface area is 129 Å². The van der Waals surface area contributed by atoms with Gasteiger partial charge in [0, 0.05) is 5.39 Å². The maximum atomic E-state index is 11.8. The lowest BCUT2D eigenvalue weighted by Crippen LogP contribution is -2.20. The molecule has 0 amide bonds. The molecule has 2 rings (SSSR count). The number of hydrogen-bond donors (Lipinski definition) is 2. The minimum atomic E-state index is -4.87. The normalized spacial score (nSPS) is 13.5. The van der Waals surface area contributed by atoms with Gasteiger partial charge in [0.25, 0.3) is 20.2 Å². The van der Waals surface area contributed by atoms with Crippen LogP contribution in [0.1, 0.15) is 26.3 Å². The Morgan fingerprint density at radius 1 is 0.864 bits per heavy atom. The van der Waals surface area contributed by atoms with Gasteiger partial charge in [-0.2, -0.15) is 16.8 Å². The van der Waals surface area contributed by atoms with Crippen molar-refractivity contribution in [1.29, 1.82) is 0 Å². The van der Waals surface area contributed by atoms with E-state index in [0.29, 0.717) is 5.39 Å². The molecule has 0 aliphatic carbocycles. The quantitative estimate of drug-likeness (QED) is 0.811. The second kappa shape index (κ2) is 5.02. The summed E-state index contributed by atoms with van der Waals surface area (Å²) < 4.78 is 66.2. The van der Waals surface area contributed by atoms with Crippen LogP contribution >= 0.6 is 0 Å². The third-order valence-corrected chi connectivity index (χ3v) is 5.29. The molecule has 2 aromatic carbocycles. The second-order valence-corrected chi connectivity index (χ2v) is 8.72. The van der Waals surface area contributed by atoms with Crippen LogP contribution in [0.25, 0.3) is 10.8 Å². The van der Waals surface area contributed by atoms with E-state index in [1.807, 2.05) is 0 Å². The van der Waals surface area contributed by atoms with Crippen LogP contribution in [0.3, 0.4) is 0 Å². The lowest BCUT2D eigenvalue weighted by molar-refractivity contribution is 0.461. The third kappa shape index (κ3) is 3.00. The van der Waals surface area contributed by atoms with Crippen LogP contribution in [0.2, 0.25) is 0 Å². The van der Waals surface area contributed by atoms with Crippen LogP contribution in [0.15, 0.2) is 40.1 Å². The molecule has 0 saturated heterocycles. The maximum Gasteiger partial charge on any atom is 0.296 e. The molecule has 0 fully saturated rings. The zero-order valence-electron chi connectivity index (χ0n) is 12.2. The monoisotopic (exact) mass is 344 g/mol. The first-order valence-electron chi connectivity index (χ1n) is 6.34. The summed E-state index contributed by atoms with van der Waals surface area (Å²) in [6.45, 7) is 5.04. The topological polar surface area (TPSA) is 109 Å². The van der Waals surface area contributed by atoms with E-state index in [9.17, 15) is 25.9 Å². The molecule has 22 heavy (non-hydrogen) atoms. The van der Waals surface area contributed by atoms with Gasteiger partial charge in [0.2, 0.25) is 0 Å². The SMILES string of the molecule is CC(C)(C)c1cc2ccccc2c(S(=O)(=O)O)c1S(=O)(=O)O. The van der Waals surface area contributed by atoms with Crippen molar-refractivity contribution in [2.75, 3.05) is 0 Å². The number of hydrogen-bond acceptors (Lipinski definition) is 4. The van der Waals surface area contributed by atoms with Crippen molar-refractivity contribution < 1.29 is 25.9 Å². The molecule has 8 heteroatoms. The molecule has 0 saturated carbocycles. The summed E-state index contributed by atoms with van der Waals surface area (Å²) in [5.74, 6) is 0. The van der Waals surface area contributed by atoms with Gasteiger partial charge in [0.05, 0.1) is 0 Å². The number of benzene rings is 2. The molecule has 0 aliphatic rings. The van der Waals surface area contributed by atoms with E-state index in [-0.39, 0.29) is 10.9 Å². The minimum absolute atomic E-state index is 0.0330. The van der Waals surface area contributed by atoms with Crippen LogP contribution in [-0.2, 0) is 25.7 Å². The van der Waals surface area contributed by atoms with E-state index in [2.05, 4.69) is 0 Å². The van der Waals surface area contributed by atoms with Crippen molar-refractivity contribution in [2.24, 2.45) is 0 Å². The van der Waals surface area contributed by atoms with E-state index >= 15 is 0 Å². The molecule has 0 aromatic heterocycles. The van der Waals surface area contributed by atoms with E-state index in [1.54, 1.807) is 32.9 Å². The second-order valence-electron chi connectivity index (χ2n) is 6.00. The Morgan fingerprint density at radius 3 is 1.82 bits per heavy atom. The van der Waals surface area contributed by atoms with Gasteiger partial charge < -0.3 is 0 Å². The molecule has 0 heterocycles. The fourth-order valence-corrected chi connectivity index (χ4v) is 4.79. The lowest BCUT2D eigenvalue weighted by Gasteiger charge is -2.24. The Morgan fingerprint density at radius 2 is 1.36 bits per heavy atom. The molecule has 0 atom stereocenters. The van der Waals surface area contributed by atoms with Crippen LogP contribution < -0.4 is 0 Å². The Balaban J connectivity index is 3.24. The zero-order chi connectivity index (χ0) is 16.9. The van der Waals surface area contributed by atoms with E-state index in [1.165, 1.54) is 18.2 Å². The molecule has 0 spiro atoms. The molecule has 0 radical (unpaired) electrons. The van der Waals surface area contributed by atoms with Gasteiger partial charge in [-0.25, -0.2) is 0 Å². The Hall–Kier alpha value is -1.48. The van der Waals surface area contributed by atoms with Gasteiger partial charge in [0.15, 0.2) is 0 Å². The van der Waals surface area contributed by atoms with Crippen molar-refractivity contribution >= 4 is 31.0 Å². The average Bonchev–Trinajstić information content (AvgIpc) is 2.33. The standard InChI is InChI=1S/C14H16O6S2/c1-14(2,3)11-8-9-6-4-5-7-10(9)12(21(15,16)17)13(11)22(18,19)20/h4-8H,1-3H3,(H,15,16,17)(H,18,19,20). The van der Waals surface area contributed by atoms with Crippen molar-refractivity contribution in [3.8, 4) is 0 Å². The first-order valence-corrected chi connectivity index (χ1v) is 9.22. The molecule has 0 aliphatic heterocycles. The number of fused-ring (bicyclic) bond motifs is 1. The smallest absolute Gasteiger partial charge is 0.282 e. The van der Waals surface area contributed by atoms with Crippen molar-refractivity contribution in [1.82, 2.24) is 0 Å². The van der Waals surface area contributed by atoms with Gasteiger partial charge in [0.1, 0.15) is 9.79 Å². The zero-order valence-corrected chi connectivity index (χ0v) is 13.9. The van der Waals surface area contributed by atoms with E-state index in [0.717, 1.165) is 0 Å². The molecular formula is C14H16O6S2. The van der Waals surface area contributed by atoms with Gasteiger partial charge in [-0.3, -0.25) is 9.11 Å². The number of rotatable bonds is 2. The first kappa shape index (κ1) is 16.9. The molecule has 0 bridgehead atoms. The molecule has 2 N–H and O–H groups in total. The Kier molecular flexibility index (Phi) is 3.85. The largest absolute Gasteiger partial charge is 0.296 e. The third-order valence-electron chi connectivity index (χ3n) is 3.28. The summed E-state index contributed by atoms with van der Waals surface area (Å²) in [4.78, 5) is -1.57. The van der Waals surface area contributed by atoms with Crippen molar-refractivity contribution in [2.45, 2.75) is 36.0 Å². The van der Waals surface area contributed by atoms with Gasteiger partial charge in [-0.05, 0) is 22.4 Å². The Bertz CT molecular complexity index is 951. The lowest BCUT2D eigenvalue weighted by atomic mass is 9.85. The molecule has 0 unspecified atom stereocenters. The first-order chi connectivity index (χ1) is 9.83. The highest BCUT2D eigenvalue weighted by molar-refractivity contribution is 7.89. The van der Waals surface area contributed by atoms with Crippen molar-refractivity contribution in [3.63, 3.8) is 0 Å². The average molecular weight is 344 g/mol. The van der Waals surface area contributed by atoms with Gasteiger partial charge in [-0.15, -0.1) is 0 Å². The fourth-order valence-electron chi connectivity index (χ4n) is 2.36. The molecule has 2 aromatic rings. The molecular weight excluding hydrogens is 328 g/mol. The highest BCUT2D eigenvalue weighted by atomic mass is 32.2.